The number of aromatic nitrogens is 1. The van der Waals surface area contributed by atoms with Crippen molar-refractivity contribution in [1.82, 2.24) is 4.98 Å². The molecule has 0 spiro atoms. The summed E-state index contributed by atoms with van der Waals surface area (Å²) in [6.45, 7) is 0.801. The third kappa shape index (κ3) is 2.48. The summed E-state index contributed by atoms with van der Waals surface area (Å²) in [5.74, 6) is 0.813. The second-order valence-corrected chi connectivity index (χ2v) is 4.16. The molecule has 0 bridgehead atoms. The van der Waals surface area contributed by atoms with E-state index in [4.69, 9.17) is 0 Å². The Hall–Kier alpha value is -1.65. The van der Waals surface area contributed by atoms with Gasteiger partial charge in [-0.3, -0.25) is 15.1 Å². The van der Waals surface area contributed by atoms with E-state index in [9.17, 15) is 10.1 Å². The van der Waals surface area contributed by atoms with E-state index in [0.717, 1.165) is 18.9 Å². The Labute approximate surface area is 94.0 Å². The summed E-state index contributed by atoms with van der Waals surface area (Å²) in [4.78, 5) is 14.1. The maximum atomic E-state index is 10.7. The molecular weight excluding hydrogens is 206 g/mol. The van der Waals surface area contributed by atoms with Crippen molar-refractivity contribution in [2.75, 3.05) is 11.9 Å². The number of rotatable bonds is 5. The van der Waals surface area contributed by atoms with Crippen molar-refractivity contribution in [1.29, 1.82) is 0 Å². The van der Waals surface area contributed by atoms with Crippen LogP contribution in [0.4, 0.5) is 11.4 Å². The Morgan fingerprint density at radius 1 is 1.56 bits per heavy atom. The van der Waals surface area contributed by atoms with E-state index < -0.39 is 4.92 Å². The van der Waals surface area contributed by atoms with Crippen LogP contribution in [0.3, 0.4) is 0 Å². The van der Waals surface area contributed by atoms with Gasteiger partial charge >= 0.3 is 5.69 Å². The minimum Gasteiger partial charge on any atom is -0.379 e. The van der Waals surface area contributed by atoms with Gasteiger partial charge in [0.05, 0.1) is 4.92 Å². The quantitative estimate of drug-likeness (QED) is 0.613. The lowest BCUT2D eigenvalue weighted by atomic mass is 9.83. The van der Waals surface area contributed by atoms with Crippen LogP contribution >= 0.6 is 0 Å². The summed E-state index contributed by atoms with van der Waals surface area (Å²) in [6.07, 6.45) is 7.89. The molecule has 86 valence electrons. The summed E-state index contributed by atoms with van der Waals surface area (Å²) in [6, 6.07) is 1.65. The van der Waals surface area contributed by atoms with Crippen molar-refractivity contribution in [3.8, 4) is 0 Å². The van der Waals surface area contributed by atoms with Gasteiger partial charge in [-0.2, -0.15) is 0 Å². The second kappa shape index (κ2) is 4.92. The summed E-state index contributed by atoms with van der Waals surface area (Å²) < 4.78 is 0. The molecule has 0 aromatic carbocycles. The van der Waals surface area contributed by atoms with Crippen LogP contribution in [0, 0.1) is 16.0 Å². The highest BCUT2D eigenvalue weighted by Crippen LogP contribution is 2.29. The van der Waals surface area contributed by atoms with Crippen molar-refractivity contribution >= 4 is 11.4 Å². The van der Waals surface area contributed by atoms with Gasteiger partial charge in [0, 0.05) is 12.7 Å². The minimum atomic E-state index is -0.404. The average Bonchev–Trinajstić information content (AvgIpc) is 2.22. The normalized spacial score (nSPS) is 15.5. The standard InChI is InChI=1S/C11H15N3O2/c15-14(16)11-8-12-6-5-10(11)13-7-4-9-2-1-3-9/h5-6,8-9H,1-4,7H2,(H,12,13). The fraction of sp³-hybridized carbons (Fsp3) is 0.545. The Bertz CT molecular complexity index is 377. The molecule has 5 nitrogen and oxygen atoms in total. The Morgan fingerprint density at radius 2 is 2.38 bits per heavy atom. The molecule has 1 fully saturated rings. The van der Waals surface area contributed by atoms with Crippen LogP contribution in [0.15, 0.2) is 18.5 Å². The topological polar surface area (TPSA) is 68.1 Å². The van der Waals surface area contributed by atoms with Crippen LogP contribution < -0.4 is 5.32 Å². The first-order valence-corrected chi connectivity index (χ1v) is 5.59. The third-order valence-corrected chi connectivity index (χ3v) is 3.09. The zero-order valence-electron chi connectivity index (χ0n) is 9.06. The van der Waals surface area contributed by atoms with Gasteiger partial charge in [-0.1, -0.05) is 19.3 Å². The molecule has 0 aliphatic heterocycles. The van der Waals surface area contributed by atoms with Gasteiger partial charge in [-0.05, 0) is 18.4 Å². The van der Waals surface area contributed by atoms with Crippen LogP contribution in [0.1, 0.15) is 25.7 Å². The van der Waals surface area contributed by atoms with Crippen LogP contribution in [-0.2, 0) is 0 Å². The SMILES string of the molecule is O=[N+]([O-])c1cnccc1NCCC1CCC1. The molecule has 0 unspecified atom stereocenters. The zero-order valence-corrected chi connectivity index (χ0v) is 9.06. The van der Waals surface area contributed by atoms with E-state index in [0.29, 0.717) is 5.69 Å². The molecule has 2 rings (SSSR count). The van der Waals surface area contributed by atoms with Gasteiger partial charge in [0.1, 0.15) is 11.9 Å². The third-order valence-electron chi connectivity index (χ3n) is 3.09. The Morgan fingerprint density at radius 3 is 3.00 bits per heavy atom. The number of pyridine rings is 1. The van der Waals surface area contributed by atoms with Gasteiger partial charge in [-0.15, -0.1) is 0 Å². The molecule has 0 radical (unpaired) electrons. The molecule has 1 aromatic heterocycles. The minimum absolute atomic E-state index is 0.0520. The number of nitrogens with zero attached hydrogens (tertiary/aromatic N) is 2. The smallest absolute Gasteiger partial charge is 0.310 e. The zero-order chi connectivity index (χ0) is 11.4. The van der Waals surface area contributed by atoms with Crippen LogP contribution in [0.25, 0.3) is 0 Å². The Balaban J connectivity index is 1.89. The van der Waals surface area contributed by atoms with Crippen molar-refractivity contribution < 1.29 is 4.92 Å². The average molecular weight is 221 g/mol. The van der Waals surface area contributed by atoms with E-state index in [1.165, 1.54) is 25.5 Å². The second-order valence-electron chi connectivity index (χ2n) is 4.16. The molecule has 1 N–H and O–H groups in total. The fourth-order valence-electron chi connectivity index (χ4n) is 1.87. The maximum absolute atomic E-state index is 10.7. The molecule has 16 heavy (non-hydrogen) atoms. The number of anilines is 1. The molecule has 5 heteroatoms. The maximum Gasteiger partial charge on any atom is 0.310 e. The molecule has 1 aromatic rings. The molecular formula is C11H15N3O2. The first-order chi connectivity index (χ1) is 7.77. The highest BCUT2D eigenvalue weighted by Gasteiger charge is 2.17. The van der Waals surface area contributed by atoms with Crippen LogP contribution in [0.5, 0.6) is 0 Å². The summed E-state index contributed by atoms with van der Waals surface area (Å²) in [5, 5.41) is 13.8. The lowest BCUT2D eigenvalue weighted by Crippen LogP contribution is -2.16. The predicted molar refractivity (Wildman–Crippen MR) is 61.3 cm³/mol. The van der Waals surface area contributed by atoms with E-state index >= 15 is 0 Å². The molecule has 1 aliphatic rings. The summed E-state index contributed by atoms with van der Waals surface area (Å²) in [7, 11) is 0. The largest absolute Gasteiger partial charge is 0.379 e. The van der Waals surface area contributed by atoms with E-state index in [-0.39, 0.29) is 5.69 Å². The van der Waals surface area contributed by atoms with Crippen molar-refractivity contribution in [2.24, 2.45) is 5.92 Å². The van der Waals surface area contributed by atoms with Crippen molar-refractivity contribution in [2.45, 2.75) is 25.7 Å². The number of hydrogen-bond donors (Lipinski definition) is 1. The van der Waals surface area contributed by atoms with Gasteiger partial charge in [-0.25, -0.2) is 0 Å². The van der Waals surface area contributed by atoms with Gasteiger partial charge in [0.15, 0.2) is 0 Å². The first-order valence-electron chi connectivity index (χ1n) is 5.59. The molecule has 1 heterocycles. The van der Waals surface area contributed by atoms with E-state index in [1.807, 2.05) is 0 Å². The van der Waals surface area contributed by atoms with Gasteiger partial charge < -0.3 is 5.32 Å². The fourth-order valence-corrected chi connectivity index (χ4v) is 1.87. The number of hydrogen-bond acceptors (Lipinski definition) is 4. The monoisotopic (exact) mass is 221 g/mol. The van der Waals surface area contributed by atoms with E-state index in [2.05, 4.69) is 10.3 Å². The number of nitro groups is 1. The van der Waals surface area contributed by atoms with Gasteiger partial charge in [0.2, 0.25) is 0 Å². The molecule has 0 amide bonds. The first kappa shape index (κ1) is 10.9. The predicted octanol–water partition coefficient (Wildman–Crippen LogP) is 2.59. The summed E-state index contributed by atoms with van der Waals surface area (Å²) in [5.41, 5.74) is 0.621. The summed E-state index contributed by atoms with van der Waals surface area (Å²) >= 11 is 0. The van der Waals surface area contributed by atoms with Crippen LogP contribution in [0.2, 0.25) is 0 Å². The highest BCUT2D eigenvalue weighted by atomic mass is 16.6. The lowest BCUT2D eigenvalue weighted by molar-refractivity contribution is -0.384. The highest BCUT2D eigenvalue weighted by molar-refractivity contribution is 5.59. The van der Waals surface area contributed by atoms with Crippen LogP contribution in [-0.4, -0.2) is 16.5 Å². The molecule has 1 saturated carbocycles. The van der Waals surface area contributed by atoms with Gasteiger partial charge in [0.25, 0.3) is 0 Å². The van der Waals surface area contributed by atoms with Crippen molar-refractivity contribution in [3.05, 3.63) is 28.6 Å². The van der Waals surface area contributed by atoms with Crippen molar-refractivity contribution in [3.63, 3.8) is 0 Å². The molecule has 0 saturated heterocycles. The number of nitrogens with one attached hydrogen (secondary N) is 1. The lowest BCUT2D eigenvalue weighted by Gasteiger charge is -2.25. The molecule has 0 atom stereocenters. The van der Waals surface area contributed by atoms with E-state index in [1.54, 1.807) is 12.3 Å². The Kier molecular flexibility index (Phi) is 3.34. The molecule has 1 aliphatic carbocycles.